The van der Waals surface area contributed by atoms with Crippen LogP contribution in [0.25, 0.3) is 0 Å². The average Bonchev–Trinajstić information content (AvgIpc) is 2.51. The highest BCUT2D eigenvalue weighted by Gasteiger charge is 2.11. The first-order chi connectivity index (χ1) is 10.6. The number of pyridine rings is 1. The van der Waals surface area contributed by atoms with Crippen LogP contribution in [0.3, 0.4) is 0 Å². The van der Waals surface area contributed by atoms with E-state index in [2.05, 4.69) is 22.5 Å². The molecule has 2 N–H and O–H groups in total. The minimum atomic E-state index is -0.828. The topological polar surface area (TPSA) is 54.0 Å². The smallest absolute Gasteiger partial charge is 0.274 e. The molecule has 1 heterocycles. The van der Waals surface area contributed by atoms with Crippen molar-refractivity contribution in [1.82, 2.24) is 4.98 Å². The maximum absolute atomic E-state index is 13.5. The number of carbonyl (C=O) groups excluding carboxylic acids is 1. The summed E-state index contributed by atoms with van der Waals surface area (Å²) in [4.78, 5) is 16.0. The number of rotatable bonds is 6. The van der Waals surface area contributed by atoms with Crippen LogP contribution in [0, 0.1) is 11.6 Å². The lowest BCUT2D eigenvalue weighted by molar-refractivity contribution is 0.102. The van der Waals surface area contributed by atoms with E-state index in [4.69, 9.17) is 0 Å². The molecule has 0 aliphatic carbocycles. The Morgan fingerprint density at radius 3 is 2.68 bits per heavy atom. The predicted molar refractivity (Wildman–Crippen MR) is 81.9 cm³/mol. The lowest BCUT2D eigenvalue weighted by atomic mass is 10.2. The molecule has 22 heavy (non-hydrogen) atoms. The van der Waals surface area contributed by atoms with E-state index < -0.39 is 17.5 Å². The van der Waals surface area contributed by atoms with Gasteiger partial charge in [-0.05, 0) is 30.7 Å². The van der Waals surface area contributed by atoms with Crippen molar-refractivity contribution in [3.8, 4) is 0 Å². The van der Waals surface area contributed by atoms with Gasteiger partial charge < -0.3 is 10.6 Å². The molecule has 0 aliphatic rings. The van der Waals surface area contributed by atoms with Crippen molar-refractivity contribution >= 4 is 17.3 Å². The number of nitrogens with one attached hydrogen (secondary N) is 2. The molecule has 0 saturated heterocycles. The van der Waals surface area contributed by atoms with Crippen LogP contribution in [0.4, 0.5) is 20.2 Å². The van der Waals surface area contributed by atoms with Gasteiger partial charge in [0.2, 0.25) is 0 Å². The summed E-state index contributed by atoms with van der Waals surface area (Å²) in [6.07, 6.45) is 3.68. The molecule has 0 unspecified atom stereocenters. The lowest BCUT2D eigenvalue weighted by Crippen LogP contribution is -2.15. The van der Waals surface area contributed by atoms with Crippen LogP contribution < -0.4 is 10.6 Å². The van der Waals surface area contributed by atoms with Crippen LogP contribution in [-0.2, 0) is 0 Å². The van der Waals surface area contributed by atoms with E-state index in [1.165, 1.54) is 6.07 Å². The number of amides is 1. The third-order valence-corrected chi connectivity index (χ3v) is 3.03. The average molecular weight is 305 g/mol. The monoisotopic (exact) mass is 305 g/mol. The van der Waals surface area contributed by atoms with Crippen molar-refractivity contribution in [3.05, 3.63) is 53.9 Å². The highest BCUT2D eigenvalue weighted by molar-refractivity contribution is 6.03. The van der Waals surface area contributed by atoms with Gasteiger partial charge in [-0.25, -0.2) is 13.8 Å². The Hall–Kier alpha value is -2.50. The minimum absolute atomic E-state index is 0.0849. The number of aromatic nitrogens is 1. The number of carbonyl (C=O) groups is 1. The Morgan fingerprint density at radius 2 is 2.05 bits per heavy atom. The Labute approximate surface area is 127 Å². The van der Waals surface area contributed by atoms with Gasteiger partial charge in [0.05, 0.1) is 17.6 Å². The molecule has 2 aromatic rings. The highest BCUT2D eigenvalue weighted by Crippen LogP contribution is 2.16. The molecular weight excluding hydrogens is 288 g/mol. The molecule has 0 radical (unpaired) electrons. The largest absolute Gasteiger partial charge is 0.384 e. The van der Waals surface area contributed by atoms with Crippen molar-refractivity contribution in [3.63, 3.8) is 0 Å². The number of hydrogen-bond donors (Lipinski definition) is 2. The molecule has 0 atom stereocenters. The van der Waals surface area contributed by atoms with Gasteiger partial charge in [0, 0.05) is 12.6 Å². The van der Waals surface area contributed by atoms with Crippen LogP contribution in [0.1, 0.15) is 30.3 Å². The van der Waals surface area contributed by atoms with Crippen LogP contribution in [0.15, 0.2) is 36.5 Å². The summed E-state index contributed by atoms with van der Waals surface area (Å²) in [6.45, 7) is 2.94. The minimum Gasteiger partial charge on any atom is -0.384 e. The van der Waals surface area contributed by atoms with Crippen molar-refractivity contribution in [1.29, 1.82) is 0 Å². The molecule has 1 aromatic heterocycles. The van der Waals surface area contributed by atoms with Crippen molar-refractivity contribution < 1.29 is 13.6 Å². The molecule has 1 aromatic carbocycles. The number of halogens is 2. The van der Waals surface area contributed by atoms with E-state index in [1.54, 1.807) is 18.3 Å². The zero-order valence-electron chi connectivity index (χ0n) is 12.2. The first-order valence-corrected chi connectivity index (χ1v) is 7.06. The first-order valence-electron chi connectivity index (χ1n) is 7.06. The van der Waals surface area contributed by atoms with Crippen LogP contribution >= 0.6 is 0 Å². The molecule has 2 rings (SSSR count). The van der Waals surface area contributed by atoms with E-state index in [0.29, 0.717) is 6.07 Å². The second-order valence-electron chi connectivity index (χ2n) is 4.79. The molecule has 116 valence electrons. The van der Waals surface area contributed by atoms with E-state index >= 15 is 0 Å². The molecular formula is C16H17F2N3O. The van der Waals surface area contributed by atoms with Gasteiger partial charge in [0.25, 0.3) is 5.91 Å². The third-order valence-electron chi connectivity index (χ3n) is 3.03. The Bertz CT molecular complexity index is 644. The number of hydrogen-bond acceptors (Lipinski definition) is 3. The van der Waals surface area contributed by atoms with Crippen LogP contribution in [0.5, 0.6) is 0 Å². The van der Waals surface area contributed by atoms with Gasteiger partial charge in [0.1, 0.15) is 17.3 Å². The Kier molecular flexibility index (Phi) is 5.41. The van der Waals surface area contributed by atoms with E-state index in [0.717, 1.165) is 31.1 Å². The molecule has 0 fully saturated rings. The van der Waals surface area contributed by atoms with Crippen molar-refractivity contribution in [2.45, 2.75) is 19.8 Å². The third kappa shape index (κ3) is 4.25. The quantitative estimate of drug-likeness (QED) is 0.798. The summed E-state index contributed by atoms with van der Waals surface area (Å²) in [6, 6.07) is 6.24. The number of unbranched alkanes of at least 4 members (excludes halogenated alkanes) is 1. The molecule has 4 nitrogen and oxygen atoms in total. The SMILES string of the molecule is CCCCNc1ccc(C(=O)Nc2ccc(F)cc2F)nc1. The molecule has 0 spiro atoms. The van der Waals surface area contributed by atoms with Crippen LogP contribution in [0.2, 0.25) is 0 Å². The Balaban J connectivity index is 2.00. The highest BCUT2D eigenvalue weighted by atomic mass is 19.1. The summed E-state index contributed by atoms with van der Waals surface area (Å²) < 4.78 is 26.3. The van der Waals surface area contributed by atoms with Gasteiger partial charge in [-0.1, -0.05) is 13.3 Å². The zero-order chi connectivity index (χ0) is 15.9. The summed E-state index contributed by atoms with van der Waals surface area (Å²) in [5.41, 5.74) is 0.890. The second kappa shape index (κ2) is 7.49. The number of benzene rings is 1. The number of nitrogens with zero attached hydrogens (tertiary/aromatic N) is 1. The first kappa shape index (κ1) is 15.9. The molecule has 6 heteroatoms. The van der Waals surface area contributed by atoms with E-state index in [1.807, 2.05) is 0 Å². The van der Waals surface area contributed by atoms with Crippen molar-refractivity contribution in [2.24, 2.45) is 0 Å². The normalized spacial score (nSPS) is 10.3. The van der Waals surface area contributed by atoms with Gasteiger partial charge in [-0.2, -0.15) is 0 Å². The van der Waals surface area contributed by atoms with Gasteiger partial charge >= 0.3 is 0 Å². The molecule has 1 amide bonds. The van der Waals surface area contributed by atoms with Gasteiger partial charge in [0.15, 0.2) is 0 Å². The summed E-state index contributed by atoms with van der Waals surface area (Å²) in [7, 11) is 0. The van der Waals surface area contributed by atoms with Crippen molar-refractivity contribution in [2.75, 3.05) is 17.2 Å². The second-order valence-corrected chi connectivity index (χ2v) is 4.79. The van der Waals surface area contributed by atoms with E-state index in [9.17, 15) is 13.6 Å². The standard InChI is InChI=1S/C16H17F2N3O/c1-2-3-8-19-12-5-7-15(20-10-12)16(22)21-14-6-4-11(17)9-13(14)18/h4-7,9-10,19H,2-3,8H2,1H3,(H,21,22). The summed E-state index contributed by atoms with van der Waals surface area (Å²) in [5.74, 6) is -2.08. The maximum Gasteiger partial charge on any atom is 0.274 e. The van der Waals surface area contributed by atoms with Gasteiger partial charge in [-0.15, -0.1) is 0 Å². The fraction of sp³-hybridized carbons (Fsp3) is 0.250. The molecule has 0 saturated carbocycles. The van der Waals surface area contributed by atoms with Gasteiger partial charge in [-0.3, -0.25) is 4.79 Å². The number of anilines is 2. The summed E-state index contributed by atoms with van der Waals surface area (Å²) >= 11 is 0. The predicted octanol–water partition coefficient (Wildman–Crippen LogP) is 3.82. The zero-order valence-corrected chi connectivity index (χ0v) is 12.2. The Morgan fingerprint density at radius 1 is 1.23 bits per heavy atom. The van der Waals surface area contributed by atoms with Crippen LogP contribution in [-0.4, -0.2) is 17.4 Å². The molecule has 0 bridgehead atoms. The fourth-order valence-electron chi connectivity index (χ4n) is 1.82. The molecule has 0 aliphatic heterocycles. The van der Waals surface area contributed by atoms with E-state index in [-0.39, 0.29) is 11.4 Å². The fourth-order valence-corrected chi connectivity index (χ4v) is 1.82. The lowest BCUT2D eigenvalue weighted by Gasteiger charge is -2.08. The maximum atomic E-state index is 13.5. The summed E-state index contributed by atoms with van der Waals surface area (Å²) in [5, 5.41) is 5.54.